The van der Waals surface area contributed by atoms with Crippen LogP contribution in [-0.2, 0) is 24.9 Å². The number of amides is 1. The highest BCUT2D eigenvalue weighted by Gasteiger charge is 2.26. The van der Waals surface area contributed by atoms with Crippen molar-refractivity contribution in [1.82, 2.24) is 14.1 Å². The number of hydrogen-bond acceptors (Lipinski definition) is 6. The SMILES string of the molecule is Cn1cc(-c2cccc(-n3ccc4cc(C5CC5)cc(F)c4c3=O)c2CO)cc(Nc2ccc(CC(C)(C)C(N)=O)cn2)c1=O. The molecule has 1 saturated carbocycles. The molecule has 6 rings (SSSR count). The molecule has 4 N–H and O–H groups in total. The molecule has 0 bridgehead atoms. The number of halogens is 1. The lowest BCUT2D eigenvalue weighted by molar-refractivity contribution is -0.125. The fourth-order valence-corrected chi connectivity index (χ4v) is 5.72. The zero-order valence-electron chi connectivity index (χ0n) is 25.3. The van der Waals surface area contributed by atoms with Crippen molar-refractivity contribution in [3.8, 4) is 16.8 Å². The number of anilines is 2. The van der Waals surface area contributed by atoms with Crippen molar-refractivity contribution in [3.05, 3.63) is 116 Å². The van der Waals surface area contributed by atoms with E-state index in [0.29, 0.717) is 45.9 Å². The first-order chi connectivity index (χ1) is 21.5. The van der Waals surface area contributed by atoms with Crippen molar-refractivity contribution in [2.75, 3.05) is 5.32 Å². The van der Waals surface area contributed by atoms with Crippen LogP contribution >= 0.6 is 0 Å². The first-order valence-corrected chi connectivity index (χ1v) is 14.8. The van der Waals surface area contributed by atoms with Crippen LogP contribution in [0, 0.1) is 11.2 Å². The van der Waals surface area contributed by atoms with Gasteiger partial charge < -0.3 is 20.7 Å². The molecular formula is C35H34FN5O4. The van der Waals surface area contributed by atoms with Crippen LogP contribution in [0.4, 0.5) is 15.9 Å². The smallest absolute Gasteiger partial charge is 0.274 e. The number of nitrogens with two attached hydrogens (primary N) is 1. The van der Waals surface area contributed by atoms with Crippen molar-refractivity contribution >= 4 is 28.2 Å². The van der Waals surface area contributed by atoms with E-state index >= 15 is 4.39 Å². The van der Waals surface area contributed by atoms with Gasteiger partial charge in [-0.05, 0) is 77.6 Å². The number of aliphatic hydroxyl groups excluding tert-OH is 1. The van der Waals surface area contributed by atoms with Crippen LogP contribution < -0.4 is 22.2 Å². The molecular weight excluding hydrogens is 573 g/mol. The van der Waals surface area contributed by atoms with Gasteiger partial charge in [0.2, 0.25) is 5.91 Å². The first kappa shape index (κ1) is 30.0. The number of pyridine rings is 3. The second-order valence-corrected chi connectivity index (χ2v) is 12.4. The van der Waals surface area contributed by atoms with Gasteiger partial charge >= 0.3 is 0 Å². The molecule has 1 amide bonds. The van der Waals surface area contributed by atoms with Gasteiger partial charge in [-0.3, -0.25) is 19.0 Å². The molecule has 45 heavy (non-hydrogen) atoms. The molecule has 230 valence electrons. The Kier molecular flexibility index (Phi) is 7.62. The number of carbonyl (C=O) groups excluding carboxylic acids is 1. The molecule has 10 heteroatoms. The fraction of sp³-hybridized carbons (Fsp3) is 0.257. The van der Waals surface area contributed by atoms with Crippen molar-refractivity contribution < 1.29 is 14.3 Å². The lowest BCUT2D eigenvalue weighted by atomic mass is 9.86. The summed E-state index contributed by atoms with van der Waals surface area (Å²) in [6.07, 6.45) is 7.35. The lowest BCUT2D eigenvalue weighted by Gasteiger charge is -2.20. The maximum atomic E-state index is 15.2. The number of fused-ring (bicyclic) bond motifs is 1. The standard InChI is InChI=1S/C35H34FN5O4/c1-35(2,34(37)45)16-20-7-10-30(38-17-20)39-28-15-24(18-40(3)32(28)43)25-5-4-6-29(26(25)19-42)41-12-11-22-13-23(21-8-9-21)14-27(36)31(22)33(41)44/h4-7,10-15,17-18,21,42H,8-9,16,19H2,1-3H3,(H2,37,45)(H,38,39). The minimum absolute atomic E-state index is 0.00138. The van der Waals surface area contributed by atoms with Gasteiger partial charge in [-0.25, -0.2) is 9.37 Å². The van der Waals surface area contributed by atoms with Crippen molar-refractivity contribution in [2.45, 2.75) is 45.6 Å². The van der Waals surface area contributed by atoms with E-state index in [0.717, 1.165) is 24.0 Å². The van der Waals surface area contributed by atoms with E-state index in [9.17, 15) is 19.5 Å². The average Bonchev–Trinajstić information content (AvgIpc) is 3.85. The highest BCUT2D eigenvalue weighted by Crippen LogP contribution is 2.41. The third-order valence-electron chi connectivity index (χ3n) is 8.49. The van der Waals surface area contributed by atoms with Crippen LogP contribution in [0.1, 0.15) is 49.3 Å². The zero-order valence-corrected chi connectivity index (χ0v) is 25.3. The molecule has 5 aromatic rings. The van der Waals surface area contributed by atoms with Crippen LogP contribution in [0.3, 0.4) is 0 Å². The number of aryl methyl sites for hydroxylation is 1. The van der Waals surface area contributed by atoms with Crippen molar-refractivity contribution in [1.29, 1.82) is 0 Å². The van der Waals surface area contributed by atoms with E-state index in [4.69, 9.17) is 5.73 Å². The summed E-state index contributed by atoms with van der Waals surface area (Å²) in [5, 5.41) is 14.2. The van der Waals surface area contributed by atoms with E-state index < -0.39 is 29.3 Å². The number of primary amides is 1. The molecule has 0 spiro atoms. The van der Waals surface area contributed by atoms with Gasteiger partial charge in [0.15, 0.2) is 0 Å². The fourth-order valence-electron chi connectivity index (χ4n) is 5.72. The largest absolute Gasteiger partial charge is 0.392 e. The minimum Gasteiger partial charge on any atom is -0.392 e. The van der Waals surface area contributed by atoms with Crippen LogP contribution in [0.2, 0.25) is 0 Å². The quantitative estimate of drug-likeness (QED) is 0.215. The Morgan fingerprint density at radius 3 is 2.56 bits per heavy atom. The van der Waals surface area contributed by atoms with Crippen LogP contribution in [-0.4, -0.2) is 25.1 Å². The van der Waals surface area contributed by atoms with Crippen molar-refractivity contribution in [3.63, 3.8) is 0 Å². The normalized spacial score (nSPS) is 13.3. The highest BCUT2D eigenvalue weighted by molar-refractivity contribution is 5.84. The number of rotatable bonds is 9. The summed E-state index contributed by atoms with van der Waals surface area (Å²) < 4.78 is 18.0. The van der Waals surface area contributed by atoms with Gasteiger partial charge in [0.1, 0.15) is 17.3 Å². The number of carbonyl (C=O) groups is 1. The van der Waals surface area contributed by atoms with Gasteiger partial charge in [-0.1, -0.05) is 38.1 Å². The topological polar surface area (TPSA) is 132 Å². The molecule has 1 fully saturated rings. The van der Waals surface area contributed by atoms with Gasteiger partial charge in [-0.2, -0.15) is 0 Å². The Balaban J connectivity index is 1.37. The molecule has 2 aromatic carbocycles. The Hall–Kier alpha value is -5.09. The third kappa shape index (κ3) is 5.76. The predicted molar refractivity (Wildman–Crippen MR) is 172 cm³/mol. The molecule has 0 atom stereocenters. The van der Waals surface area contributed by atoms with E-state index in [1.807, 2.05) is 12.1 Å². The Labute approximate surface area is 258 Å². The molecule has 0 radical (unpaired) electrons. The van der Waals surface area contributed by atoms with Gasteiger partial charge in [-0.15, -0.1) is 0 Å². The van der Waals surface area contributed by atoms with Crippen LogP contribution in [0.25, 0.3) is 27.6 Å². The summed E-state index contributed by atoms with van der Waals surface area (Å²) in [6.45, 7) is 3.13. The summed E-state index contributed by atoms with van der Waals surface area (Å²) in [5.41, 5.74) is 8.00. The van der Waals surface area contributed by atoms with Gasteiger partial charge in [0.25, 0.3) is 11.1 Å². The number of aromatic nitrogens is 3. The molecule has 3 heterocycles. The third-order valence-corrected chi connectivity index (χ3v) is 8.49. The monoisotopic (exact) mass is 607 g/mol. The molecule has 3 aromatic heterocycles. The zero-order chi connectivity index (χ0) is 32.0. The molecule has 0 saturated heterocycles. The second-order valence-electron chi connectivity index (χ2n) is 12.4. The summed E-state index contributed by atoms with van der Waals surface area (Å²) in [4.78, 5) is 42.8. The number of nitrogens with one attached hydrogen (secondary N) is 1. The summed E-state index contributed by atoms with van der Waals surface area (Å²) in [6, 6.07) is 15.5. The minimum atomic E-state index is -0.731. The first-order valence-electron chi connectivity index (χ1n) is 14.8. The summed E-state index contributed by atoms with van der Waals surface area (Å²) in [5.74, 6) is -0.185. The van der Waals surface area contributed by atoms with Crippen molar-refractivity contribution in [2.24, 2.45) is 18.2 Å². The maximum Gasteiger partial charge on any atom is 0.274 e. The average molecular weight is 608 g/mol. The van der Waals surface area contributed by atoms with E-state index in [2.05, 4.69) is 10.3 Å². The number of benzene rings is 2. The predicted octanol–water partition coefficient (Wildman–Crippen LogP) is 5.06. The Morgan fingerprint density at radius 2 is 1.89 bits per heavy atom. The maximum absolute atomic E-state index is 15.2. The number of hydrogen-bond donors (Lipinski definition) is 3. The molecule has 1 aliphatic rings. The van der Waals surface area contributed by atoms with E-state index in [1.165, 1.54) is 15.2 Å². The van der Waals surface area contributed by atoms with Gasteiger partial charge in [0.05, 0.1) is 17.7 Å². The lowest BCUT2D eigenvalue weighted by Crippen LogP contribution is -2.33. The number of aliphatic hydroxyl groups is 1. The Morgan fingerprint density at radius 1 is 1.11 bits per heavy atom. The molecule has 9 nitrogen and oxygen atoms in total. The summed E-state index contributed by atoms with van der Waals surface area (Å²) >= 11 is 0. The highest BCUT2D eigenvalue weighted by atomic mass is 19.1. The van der Waals surface area contributed by atoms with E-state index in [-0.39, 0.29) is 16.6 Å². The molecule has 1 aliphatic carbocycles. The second kappa shape index (κ2) is 11.4. The van der Waals surface area contributed by atoms with Crippen LogP contribution in [0.15, 0.2) is 82.8 Å². The van der Waals surface area contributed by atoms with Crippen LogP contribution in [0.5, 0.6) is 0 Å². The number of nitrogens with zero attached hydrogens (tertiary/aromatic N) is 3. The van der Waals surface area contributed by atoms with E-state index in [1.54, 1.807) is 75.9 Å². The van der Waals surface area contributed by atoms with Gasteiger partial charge in [0, 0.05) is 42.2 Å². The molecule has 0 aliphatic heterocycles. The molecule has 0 unspecified atom stereocenters. The summed E-state index contributed by atoms with van der Waals surface area (Å²) in [7, 11) is 1.62. The Bertz CT molecular complexity index is 2080.